The molecule has 2 aromatic carbocycles. The lowest BCUT2D eigenvalue weighted by molar-refractivity contribution is -0.122. The van der Waals surface area contributed by atoms with Gasteiger partial charge in [-0.15, -0.1) is 0 Å². The molecule has 2 heterocycles. The van der Waals surface area contributed by atoms with Gasteiger partial charge in [-0.05, 0) is 48.4 Å². The number of hydrogen-bond donors (Lipinski definition) is 2. The van der Waals surface area contributed by atoms with E-state index in [1.807, 2.05) is 12.1 Å². The van der Waals surface area contributed by atoms with Gasteiger partial charge in [0, 0.05) is 36.0 Å². The van der Waals surface area contributed by atoms with Crippen LogP contribution in [0.3, 0.4) is 0 Å². The average molecular weight is 377 g/mol. The lowest BCUT2D eigenvalue weighted by Gasteiger charge is -2.17. The van der Waals surface area contributed by atoms with Crippen LogP contribution in [0.1, 0.15) is 15.9 Å². The number of methoxy groups -OCH3 is 1. The molecule has 3 N–H and O–H groups in total. The van der Waals surface area contributed by atoms with Crippen LogP contribution in [0.4, 0.5) is 17.2 Å². The molecule has 28 heavy (non-hydrogen) atoms. The van der Waals surface area contributed by atoms with Crippen molar-refractivity contribution < 1.29 is 14.3 Å². The lowest BCUT2D eigenvalue weighted by Crippen LogP contribution is -2.31. The Hall–Kier alpha value is -3.52. The molecule has 3 aromatic rings. The smallest absolute Gasteiger partial charge is 0.255 e. The van der Waals surface area contributed by atoms with E-state index in [9.17, 15) is 9.59 Å². The average Bonchev–Trinajstić information content (AvgIpc) is 3.11. The molecule has 0 spiro atoms. The molecular formula is C20H19N5O3. The molecule has 0 atom stereocenters. The molecule has 1 aromatic heterocycles. The number of ether oxygens (including phenoxy) is 1. The van der Waals surface area contributed by atoms with Gasteiger partial charge in [-0.25, -0.2) is 9.97 Å². The number of carbonyl (C=O) groups is 2. The Balaban J connectivity index is 1.54. The fourth-order valence-corrected chi connectivity index (χ4v) is 3.36. The lowest BCUT2D eigenvalue weighted by atomic mass is 10.1. The molecule has 0 radical (unpaired) electrons. The molecule has 0 unspecified atom stereocenters. The van der Waals surface area contributed by atoms with E-state index in [0.717, 1.165) is 17.7 Å². The number of nitrogen functional groups attached to an aromatic ring is 1. The Bertz CT molecular complexity index is 1080. The van der Waals surface area contributed by atoms with E-state index in [1.54, 1.807) is 29.2 Å². The third-order valence-electron chi connectivity index (χ3n) is 4.73. The zero-order valence-electron chi connectivity index (χ0n) is 15.3. The number of amides is 2. The van der Waals surface area contributed by atoms with E-state index in [4.69, 9.17) is 10.5 Å². The van der Waals surface area contributed by atoms with E-state index in [-0.39, 0.29) is 18.4 Å². The van der Waals surface area contributed by atoms with Crippen molar-refractivity contribution in [1.82, 2.24) is 9.97 Å². The highest BCUT2D eigenvalue weighted by Crippen LogP contribution is 2.31. The maximum Gasteiger partial charge on any atom is 0.255 e. The first-order valence-electron chi connectivity index (χ1n) is 8.80. The summed E-state index contributed by atoms with van der Waals surface area (Å²) in [6.45, 7) is 0.661. The molecule has 142 valence electrons. The van der Waals surface area contributed by atoms with Gasteiger partial charge < -0.3 is 20.7 Å². The zero-order chi connectivity index (χ0) is 19.7. The van der Waals surface area contributed by atoms with Crippen molar-refractivity contribution >= 4 is 39.9 Å². The predicted octanol–water partition coefficient (Wildman–Crippen LogP) is 2.00. The largest absolute Gasteiger partial charge is 0.383 e. The first kappa shape index (κ1) is 17.9. The van der Waals surface area contributed by atoms with Gasteiger partial charge in [-0.3, -0.25) is 9.59 Å². The minimum atomic E-state index is -0.246. The van der Waals surface area contributed by atoms with Crippen molar-refractivity contribution in [2.75, 3.05) is 36.2 Å². The minimum absolute atomic E-state index is 0.0496. The van der Waals surface area contributed by atoms with Crippen LogP contribution in [0, 0.1) is 0 Å². The monoisotopic (exact) mass is 377 g/mol. The minimum Gasteiger partial charge on any atom is -0.383 e. The van der Waals surface area contributed by atoms with Crippen LogP contribution in [-0.2, 0) is 16.0 Å². The van der Waals surface area contributed by atoms with Gasteiger partial charge in [0.25, 0.3) is 11.8 Å². The van der Waals surface area contributed by atoms with Crippen molar-refractivity contribution in [3.63, 3.8) is 0 Å². The quantitative estimate of drug-likeness (QED) is 0.719. The molecule has 0 saturated heterocycles. The number of anilines is 3. The predicted molar refractivity (Wildman–Crippen MR) is 106 cm³/mol. The number of nitrogens with two attached hydrogens (primary N) is 1. The molecule has 1 aliphatic rings. The molecule has 1 aliphatic heterocycles. The Morgan fingerprint density at radius 3 is 2.89 bits per heavy atom. The first-order valence-corrected chi connectivity index (χ1v) is 8.80. The van der Waals surface area contributed by atoms with E-state index >= 15 is 0 Å². The Morgan fingerprint density at radius 1 is 1.21 bits per heavy atom. The van der Waals surface area contributed by atoms with Gasteiger partial charge >= 0.3 is 0 Å². The van der Waals surface area contributed by atoms with Crippen molar-refractivity contribution in [3.8, 4) is 0 Å². The molecule has 2 amide bonds. The van der Waals surface area contributed by atoms with Crippen LogP contribution in [-0.4, -0.2) is 42.0 Å². The summed E-state index contributed by atoms with van der Waals surface area (Å²) in [7, 11) is 1.50. The second-order valence-corrected chi connectivity index (χ2v) is 6.52. The van der Waals surface area contributed by atoms with Crippen molar-refractivity contribution in [2.24, 2.45) is 0 Å². The fraction of sp³-hybridized carbons (Fsp3) is 0.200. The van der Waals surface area contributed by atoms with Crippen LogP contribution < -0.4 is 16.0 Å². The molecule has 8 nitrogen and oxygen atoms in total. The van der Waals surface area contributed by atoms with Gasteiger partial charge in [0.15, 0.2) is 0 Å². The molecule has 4 rings (SSSR count). The summed E-state index contributed by atoms with van der Waals surface area (Å²) in [5.41, 5.74) is 9.46. The summed E-state index contributed by atoms with van der Waals surface area (Å²) in [4.78, 5) is 34.5. The van der Waals surface area contributed by atoms with Crippen LogP contribution in [0.5, 0.6) is 0 Å². The van der Waals surface area contributed by atoms with Crippen molar-refractivity contribution in [2.45, 2.75) is 6.42 Å². The van der Waals surface area contributed by atoms with Crippen LogP contribution >= 0.6 is 0 Å². The first-order chi connectivity index (χ1) is 13.6. The second-order valence-electron chi connectivity index (χ2n) is 6.52. The summed E-state index contributed by atoms with van der Waals surface area (Å²) in [5, 5.41) is 3.60. The fourth-order valence-electron chi connectivity index (χ4n) is 3.36. The normalized spacial score (nSPS) is 12.8. The van der Waals surface area contributed by atoms with Crippen LogP contribution in [0.25, 0.3) is 10.9 Å². The molecule has 0 aliphatic carbocycles. The topological polar surface area (TPSA) is 110 Å². The van der Waals surface area contributed by atoms with Gasteiger partial charge in [0.05, 0.1) is 5.52 Å². The van der Waals surface area contributed by atoms with Crippen LogP contribution in [0.2, 0.25) is 0 Å². The van der Waals surface area contributed by atoms with E-state index < -0.39 is 0 Å². The third-order valence-corrected chi connectivity index (χ3v) is 4.73. The number of fused-ring (bicyclic) bond motifs is 2. The summed E-state index contributed by atoms with van der Waals surface area (Å²) in [6.07, 6.45) is 2.11. The Kier molecular flexibility index (Phi) is 4.62. The zero-order valence-corrected chi connectivity index (χ0v) is 15.3. The summed E-state index contributed by atoms with van der Waals surface area (Å²) < 4.78 is 4.93. The van der Waals surface area contributed by atoms with Crippen LogP contribution in [0.15, 0.2) is 42.7 Å². The summed E-state index contributed by atoms with van der Waals surface area (Å²) in [5.74, 6) is 0.0583. The van der Waals surface area contributed by atoms with Gasteiger partial charge in [-0.2, -0.15) is 0 Å². The number of carbonyl (C=O) groups excluding carboxylic acids is 2. The van der Waals surface area contributed by atoms with E-state index in [2.05, 4.69) is 15.3 Å². The second kappa shape index (κ2) is 7.24. The number of nitrogens with zero attached hydrogens (tertiary/aromatic N) is 3. The highest BCUT2D eigenvalue weighted by Gasteiger charge is 2.24. The SMILES string of the molecule is COCC(=O)N1CCc2cc(NC(=O)c3ccc4c(N)ncnc4c3)ccc21. The van der Waals surface area contributed by atoms with Crippen molar-refractivity contribution in [1.29, 1.82) is 0 Å². The number of aromatic nitrogens is 2. The third kappa shape index (κ3) is 3.25. The molecule has 0 fully saturated rings. The highest BCUT2D eigenvalue weighted by atomic mass is 16.5. The molecule has 0 saturated carbocycles. The number of benzene rings is 2. The van der Waals surface area contributed by atoms with Crippen molar-refractivity contribution in [3.05, 3.63) is 53.9 Å². The highest BCUT2D eigenvalue weighted by molar-refractivity contribution is 6.07. The molecular weight excluding hydrogens is 358 g/mol. The standard InChI is InChI=1S/C20H19N5O3/c1-28-10-18(26)25-7-6-12-8-14(3-5-17(12)25)24-20(27)13-2-4-15-16(9-13)22-11-23-19(15)21/h2-5,8-9,11H,6-7,10H2,1H3,(H,24,27)(H2,21,22,23). The van der Waals surface area contributed by atoms with Gasteiger partial charge in [0.2, 0.25) is 0 Å². The number of hydrogen-bond acceptors (Lipinski definition) is 6. The summed E-state index contributed by atoms with van der Waals surface area (Å²) in [6, 6.07) is 10.6. The molecule has 0 bridgehead atoms. The number of nitrogens with one attached hydrogen (secondary N) is 1. The Labute approximate surface area is 161 Å². The molecule has 8 heteroatoms. The van der Waals surface area contributed by atoms with Gasteiger partial charge in [-0.1, -0.05) is 0 Å². The summed E-state index contributed by atoms with van der Waals surface area (Å²) >= 11 is 0. The number of rotatable bonds is 4. The Morgan fingerprint density at radius 2 is 2.07 bits per heavy atom. The van der Waals surface area contributed by atoms with Gasteiger partial charge in [0.1, 0.15) is 18.8 Å². The van der Waals surface area contributed by atoms with E-state index in [0.29, 0.717) is 34.5 Å². The maximum atomic E-state index is 12.6. The van der Waals surface area contributed by atoms with E-state index in [1.165, 1.54) is 13.4 Å². The maximum absolute atomic E-state index is 12.6.